The minimum atomic E-state index is -0.116. The number of rotatable bonds is 3. The molecule has 0 heterocycles. The summed E-state index contributed by atoms with van der Waals surface area (Å²) < 4.78 is 5.57. The average molecular weight is 357 g/mol. The molecule has 0 bridgehead atoms. The summed E-state index contributed by atoms with van der Waals surface area (Å²) in [6, 6.07) is 4.32. The minimum Gasteiger partial charge on any atom is -0.494 e. The molecular formula is C21H31N3O2. The molecular weight excluding hydrogens is 326 g/mol. The third-order valence-corrected chi connectivity index (χ3v) is 7.34. The van der Waals surface area contributed by atoms with E-state index in [0.29, 0.717) is 17.8 Å². The van der Waals surface area contributed by atoms with Crippen molar-refractivity contribution in [3.05, 3.63) is 23.3 Å². The van der Waals surface area contributed by atoms with E-state index in [0.717, 1.165) is 37.1 Å². The Hall–Kier alpha value is -1.62. The van der Waals surface area contributed by atoms with Gasteiger partial charge in [0.15, 0.2) is 0 Å². The van der Waals surface area contributed by atoms with Crippen molar-refractivity contribution in [1.29, 1.82) is 0 Å². The number of aliphatic hydroxyl groups excluding tert-OH is 1. The summed E-state index contributed by atoms with van der Waals surface area (Å²) in [4.78, 5) is 0. The molecule has 5 atom stereocenters. The summed E-state index contributed by atoms with van der Waals surface area (Å²) in [6.07, 6.45) is 6.54. The molecule has 4 rings (SSSR count). The van der Waals surface area contributed by atoms with E-state index in [4.69, 9.17) is 4.74 Å². The van der Waals surface area contributed by atoms with Crippen LogP contribution in [0.2, 0.25) is 0 Å². The van der Waals surface area contributed by atoms with Crippen molar-refractivity contribution in [3.8, 4) is 5.75 Å². The first-order valence-electron chi connectivity index (χ1n) is 9.92. The van der Waals surface area contributed by atoms with Crippen LogP contribution in [0.25, 0.3) is 0 Å². The molecule has 2 fully saturated rings. The normalized spacial score (nSPS) is 35.7. The van der Waals surface area contributed by atoms with Gasteiger partial charge in [0.05, 0.1) is 13.2 Å². The lowest BCUT2D eigenvalue weighted by atomic mass is 9.55. The second-order valence-corrected chi connectivity index (χ2v) is 8.77. The Labute approximate surface area is 156 Å². The fourth-order valence-electron chi connectivity index (χ4n) is 6.01. The van der Waals surface area contributed by atoms with Gasteiger partial charge in [0.2, 0.25) is 0 Å². The number of ether oxygens (including phenoxy) is 1. The maximum absolute atomic E-state index is 10.6. The first-order chi connectivity index (χ1) is 12.5. The van der Waals surface area contributed by atoms with E-state index in [-0.39, 0.29) is 11.5 Å². The maximum Gasteiger partial charge on any atom is 0.146 e. The standard InChI is InChI=1S/C21H31N3O2/c1-21-12-11-14-13-7-9-18(26-4)20(22-23-24(2)3)16(13)6-5-15(14)17(21)8-10-19(21)25/h7,9,14-15,17,19,25H,5-6,8,10-12H2,1-4H3/t14-,15-,17+,19+,21+/m1/s1. The predicted molar refractivity (Wildman–Crippen MR) is 102 cm³/mol. The third kappa shape index (κ3) is 2.63. The van der Waals surface area contributed by atoms with Gasteiger partial charge < -0.3 is 9.84 Å². The summed E-state index contributed by atoms with van der Waals surface area (Å²) >= 11 is 0. The van der Waals surface area contributed by atoms with Crippen LogP contribution in [0.4, 0.5) is 5.69 Å². The first kappa shape index (κ1) is 17.8. The molecule has 0 aromatic heterocycles. The second kappa shape index (κ2) is 6.52. The van der Waals surface area contributed by atoms with Crippen LogP contribution in [0.3, 0.4) is 0 Å². The summed E-state index contributed by atoms with van der Waals surface area (Å²) in [7, 11) is 5.47. The van der Waals surface area contributed by atoms with Crippen LogP contribution in [-0.4, -0.2) is 37.4 Å². The highest BCUT2D eigenvalue weighted by molar-refractivity contribution is 5.62. The molecule has 0 radical (unpaired) electrons. The van der Waals surface area contributed by atoms with Gasteiger partial charge in [-0.15, -0.1) is 5.11 Å². The Morgan fingerprint density at radius 3 is 2.73 bits per heavy atom. The van der Waals surface area contributed by atoms with E-state index in [2.05, 4.69) is 29.4 Å². The lowest BCUT2D eigenvalue weighted by Crippen LogP contribution is -2.43. The van der Waals surface area contributed by atoms with Crippen molar-refractivity contribution < 1.29 is 9.84 Å². The summed E-state index contributed by atoms with van der Waals surface area (Å²) in [5.74, 6) is 2.73. The molecule has 3 aliphatic rings. The largest absolute Gasteiger partial charge is 0.494 e. The van der Waals surface area contributed by atoms with Crippen LogP contribution >= 0.6 is 0 Å². The van der Waals surface area contributed by atoms with E-state index in [9.17, 15) is 5.11 Å². The van der Waals surface area contributed by atoms with E-state index in [1.807, 2.05) is 14.1 Å². The molecule has 0 unspecified atom stereocenters. The minimum absolute atomic E-state index is 0.116. The lowest BCUT2D eigenvalue weighted by Gasteiger charge is -2.50. The molecule has 3 aliphatic carbocycles. The zero-order valence-corrected chi connectivity index (χ0v) is 16.4. The topological polar surface area (TPSA) is 57.4 Å². The van der Waals surface area contributed by atoms with Gasteiger partial charge in [-0.25, -0.2) is 0 Å². The Kier molecular flexibility index (Phi) is 4.46. The van der Waals surface area contributed by atoms with E-state index in [1.165, 1.54) is 24.0 Å². The number of methoxy groups -OCH3 is 1. The fraction of sp³-hybridized carbons (Fsp3) is 0.714. The van der Waals surface area contributed by atoms with Gasteiger partial charge in [-0.2, -0.15) is 0 Å². The number of benzene rings is 1. The fourth-order valence-corrected chi connectivity index (χ4v) is 6.01. The van der Waals surface area contributed by atoms with Crippen LogP contribution in [-0.2, 0) is 6.42 Å². The monoisotopic (exact) mass is 357 g/mol. The summed E-state index contributed by atoms with van der Waals surface area (Å²) in [5.41, 5.74) is 3.78. The number of hydrogen-bond donors (Lipinski definition) is 1. The Balaban J connectivity index is 1.72. The Morgan fingerprint density at radius 2 is 2.00 bits per heavy atom. The highest BCUT2D eigenvalue weighted by atomic mass is 16.5. The number of nitrogens with zero attached hydrogens (tertiary/aromatic N) is 3. The van der Waals surface area contributed by atoms with Crippen molar-refractivity contribution in [3.63, 3.8) is 0 Å². The molecule has 0 amide bonds. The van der Waals surface area contributed by atoms with Crippen LogP contribution in [0, 0.1) is 17.3 Å². The smallest absolute Gasteiger partial charge is 0.146 e. The maximum atomic E-state index is 10.6. The van der Waals surface area contributed by atoms with Crippen molar-refractivity contribution >= 4 is 5.69 Å². The molecule has 2 saturated carbocycles. The van der Waals surface area contributed by atoms with Gasteiger partial charge >= 0.3 is 0 Å². The number of fused-ring (bicyclic) bond motifs is 5. The molecule has 5 heteroatoms. The van der Waals surface area contributed by atoms with Gasteiger partial charge in [-0.3, -0.25) is 5.01 Å². The van der Waals surface area contributed by atoms with Crippen molar-refractivity contribution in [2.24, 2.45) is 27.6 Å². The Bertz CT molecular complexity index is 717. The number of hydrogen-bond acceptors (Lipinski definition) is 4. The molecule has 1 N–H and O–H groups in total. The van der Waals surface area contributed by atoms with E-state index in [1.54, 1.807) is 12.1 Å². The van der Waals surface area contributed by atoms with Gasteiger partial charge in [-0.05, 0) is 78.9 Å². The van der Waals surface area contributed by atoms with Gasteiger partial charge in [0.25, 0.3) is 0 Å². The molecule has 0 aliphatic heterocycles. The summed E-state index contributed by atoms with van der Waals surface area (Å²) in [6.45, 7) is 2.33. The Morgan fingerprint density at radius 1 is 1.19 bits per heavy atom. The lowest BCUT2D eigenvalue weighted by molar-refractivity contribution is -0.0226. The predicted octanol–water partition coefficient (Wildman–Crippen LogP) is 4.47. The summed E-state index contributed by atoms with van der Waals surface area (Å²) in [5, 5.41) is 21.0. The van der Waals surface area contributed by atoms with Gasteiger partial charge in [-0.1, -0.05) is 18.2 Å². The van der Waals surface area contributed by atoms with Crippen molar-refractivity contribution in [2.75, 3.05) is 21.2 Å². The molecule has 0 saturated heterocycles. The highest BCUT2D eigenvalue weighted by Crippen LogP contribution is 2.61. The zero-order valence-electron chi connectivity index (χ0n) is 16.4. The molecule has 5 nitrogen and oxygen atoms in total. The quantitative estimate of drug-likeness (QED) is 0.641. The molecule has 1 aromatic carbocycles. The third-order valence-electron chi connectivity index (χ3n) is 7.34. The van der Waals surface area contributed by atoms with Crippen LogP contribution in [0.1, 0.15) is 56.1 Å². The van der Waals surface area contributed by atoms with Crippen LogP contribution in [0.5, 0.6) is 5.75 Å². The molecule has 0 spiro atoms. The zero-order chi connectivity index (χ0) is 18.5. The molecule has 26 heavy (non-hydrogen) atoms. The molecule has 142 valence electrons. The van der Waals surface area contributed by atoms with E-state index >= 15 is 0 Å². The highest BCUT2D eigenvalue weighted by Gasteiger charge is 2.54. The van der Waals surface area contributed by atoms with Crippen molar-refractivity contribution in [1.82, 2.24) is 5.01 Å². The number of aliphatic hydroxyl groups is 1. The second-order valence-electron chi connectivity index (χ2n) is 8.77. The van der Waals surface area contributed by atoms with Gasteiger partial charge in [0.1, 0.15) is 11.4 Å². The van der Waals surface area contributed by atoms with Crippen LogP contribution in [0.15, 0.2) is 22.5 Å². The first-order valence-corrected chi connectivity index (χ1v) is 9.92. The van der Waals surface area contributed by atoms with Crippen LogP contribution < -0.4 is 4.74 Å². The SMILES string of the molecule is COc1ccc2c(c1N=NN(C)C)CC[C@@H]1[C@@H]2CC[C@]2(C)[C@@H](O)CC[C@@H]12. The van der Waals surface area contributed by atoms with Gasteiger partial charge in [0, 0.05) is 14.1 Å². The van der Waals surface area contributed by atoms with E-state index < -0.39 is 0 Å². The molecule has 1 aromatic rings. The average Bonchev–Trinajstić information content (AvgIpc) is 2.94. The van der Waals surface area contributed by atoms with Crippen molar-refractivity contribution in [2.45, 2.75) is 57.5 Å².